The van der Waals surface area contributed by atoms with Crippen LogP contribution in [0.5, 0.6) is 0 Å². The maximum Gasteiger partial charge on any atom is 0.222 e. The van der Waals surface area contributed by atoms with Gasteiger partial charge in [0.25, 0.3) is 0 Å². The molecule has 1 amide bonds. The third kappa shape index (κ3) is 2.23. The monoisotopic (exact) mass is 224 g/mol. The maximum absolute atomic E-state index is 11.4. The molecule has 1 aliphatic heterocycles. The molecule has 1 fully saturated rings. The molecule has 0 aliphatic carbocycles. The Balaban J connectivity index is 2.13. The van der Waals surface area contributed by atoms with Crippen LogP contribution in [0.3, 0.4) is 0 Å². The molecule has 80 valence electrons. The third-order valence-electron chi connectivity index (χ3n) is 2.64. The first kappa shape index (κ1) is 10.3. The van der Waals surface area contributed by atoms with Crippen LogP contribution in [-0.2, 0) is 11.3 Å². The number of nitrogens with two attached hydrogens (primary N) is 1. The molecule has 2 N–H and O–H groups in total. The first-order valence-electron chi connectivity index (χ1n) is 4.98. The molecule has 0 saturated carbocycles. The first-order chi connectivity index (χ1) is 7.16. The van der Waals surface area contributed by atoms with Crippen LogP contribution < -0.4 is 5.73 Å². The van der Waals surface area contributed by atoms with Gasteiger partial charge in [0.1, 0.15) is 0 Å². The van der Waals surface area contributed by atoms with E-state index in [1.165, 1.54) is 0 Å². The van der Waals surface area contributed by atoms with Crippen molar-refractivity contribution in [2.75, 3.05) is 12.3 Å². The van der Waals surface area contributed by atoms with Gasteiger partial charge in [0.05, 0.1) is 0 Å². The highest BCUT2D eigenvalue weighted by Gasteiger charge is 2.20. The van der Waals surface area contributed by atoms with Gasteiger partial charge in [-0.2, -0.15) is 0 Å². The van der Waals surface area contributed by atoms with Gasteiger partial charge >= 0.3 is 0 Å². The Morgan fingerprint density at radius 3 is 2.87 bits per heavy atom. The molecule has 0 unspecified atom stereocenters. The summed E-state index contributed by atoms with van der Waals surface area (Å²) in [7, 11) is 0. The quantitative estimate of drug-likeness (QED) is 0.782. The molecule has 0 atom stereocenters. The zero-order valence-corrected chi connectivity index (χ0v) is 9.13. The molecular weight excluding hydrogens is 212 g/mol. The number of nitrogen functional groups attached to an aromatic ring is 1. The second-order valence-electron chi connectivity index (χ2n) is 3.76. The fourth-order valence-corrected chi connectivity index (χ4v) is 1.97. The average Bonchev–Trinajstić information content (AvgIpc) is 2.57. The standard InChI is InChI=1S/C11H13ClN2O/c12-9-4-3-8(10(13)6-9)7-14-5-1-2-11(14)15/h3-4,6H,1-2,5,7,13H2. The van der Waals surface area contributed by atoms with E-state index in [2.05, 4.69) is 0 Å². The van der Waals surface area contributed by atoms with E-state index in [0.29, 0.717) is 23.7 Å². The highest BCUT2D eigenvalue weighted by Crippen LogP contribution is 2.21. The summed E-state index contributed by atoms with van der Waals surface area (Å²) in [6, 6.07) is 5.40. The molecule has 4 heteroatoms. The summed E-state index contributed by atoms with van der Waals surface area (Å²) < 4.78 is 0. The molecule has 3 nitrogen and oxygen atoms in total. The maximum atomic E-state index is 11.4. The summed E-state index contributed by atoms with van der Waals surface area (Å²) in [5.74, 6) is 0.212. The molecule has 0 radical (unpaired) electrons. The Hall–Kier alpha value is -1.22. The SMILES string of the molecule is Nc1cc(Cl)ccc1CN1CCCC1=O. The summed E-state index contributed by atoms with van der Waals surface area (Å²) in [4.78, 5) is 13.2. The lowest BCUT2D eigenvalue weighted by Gasteiger charge is -2.16. The number of likely N-dealkylation sites (tertiary alicyclic amines) is 1. The van der Waals surface area contributed by atoms with Crippen LogP contribution >= 0.6 is 11.6 Å². The van der Waals surface area contributed by atoms with Gasteiger partial charge in [-0.1, -0.05) is 17.7 Å². The predicted molar refractivity (Wildman–Crippen MR) is 60.5 cm³/mol. The number of nitrogens with zero attached hydrogens (tertiary/aromatic N) is 1. The Labute approximate surface area is 93.8 Å². The lowest BCUT2D eigenvalue weighted by Crippen LogP contribution is -2.24. The van der Waals surface area contributed by atoms with Gasteiger partial charge in [0, 0.05) is 30.2 Å². The Morgan fingerprint density at radius 2 is 2.27 bits per heavy atom. The van der Waals surface area contributed by atoms with Crippen molar-refractivity contribution in [1.29, 1.82) is 0 Å². The van der Waals surface area contributed by atoms with E-state index in [1.807, 2.05) is 11.0 Å². The molecule has 1 aliphatic rings. The van der Waals surface area contributed by atoms with Gasteiger partial charge in [-0.3, -0.25) is 4.79 Å². The number of anilines is 1. The number of amides is 1. The van der Waals surface area contributed by atoms with Crippen LogP contribution in [0, 0.1) is 0 Å². The van der Waals surface area contributed by atoms with E-state index >= 15 is 0 Å². The highest BCUT2D eigenvalue weighted by molar-refractivity contribution is 6.30. The number of carbonyl (C=O) groups is 1. The van der Waals surface area contributed by atoms with Crippen LogP contribution in [0.15, 0.2) is 18.2 Å². The van der Waals surface area contributed by atoms with Crippen molar-refractivity contribution in [1.82, 2.24) is 4.90 Å². The molecule has 1 aromatic rings. The van der Waals surface area contributed by atoms with E-state index in [0.717, 1.165) is 18.5 Å². The number of rotatable bonds is 2. The molecule has 1 heterocycles. The summed E-state index contributed by atoms with van der Waals surface area (Å²) in [6.45, 7) is 1.43. The van der Waals surface area contributed by atoms with E-state index in [-0.39, 0.29) is 5.91 Å². The molecular formula is C11H13ClN2O. The minimum absolute atomic E-state index is 0.212. The summed E-state index contributed by atoms with van der Waals surface area (Å²) in [6.07, 6.45) is 1.61. The van der Waals surface area contributed by atoms with Crippen LogP contribution in [0.1, 0.15) is 18.4 Å². The summed E-state index contributed by atoms with van der Waals surface area (Å²) >= 11 is 5.80. The van der Waals surface area contributed by atoms with Crippen molar-refractivity contribution >= 4 is 23.2 Å². The normalized spacial score (nSPS) is 16.1. The smallest absolute Gasteiger partial charge is 0.222 e. The molecule has 1 saturated heterocycles. The van der Waals surface area contributed by atoms with Crippen LogP contribution in [0.4, 0.5) is 5.69 Å². The minimum atomic E-state index is 0.212. The number of carbonyl (C=O) groups excluding carboxylic acids is 1. The Kier molecular flexibility index (Phi) is 2.82. The number of halogens is 1. The fourth-order valence-electron chi connectivity index (χ4n) is 1.79. The molecule has 0 aromatic heterocycles. The lowest BCUT2D eigenvalue weighted by atomic mass is 10.1. The van der Waals surface area contributed by atoms with Gasteiger partial charge in [0.15, 0.2) is 0 Å². The molecule has 0 bridgehead atoms. The summed E-state index contributed by atoms with van der Waals surface area (Å²) in [5, 5.41) is 0.629. The number of hydrogen-bond donors (Lipinski definition) is 1. The van der Waals surface area contributed by atoms with Crippen molar-refractivity contribution in [2.24, 2.45) is 0 Å². The van der Waals surface area contributed by atoms with Crippen LogP contribution in [0.25, 0.3) is 0 Å². The van der Waals surface area contributed by atoms with Crippen LogP contribution in [-0.4, -0.2) is 17.4 Å². The number of benzene rings is 1. The molecule has 1 aromatic carbocycles. The van der Waals surface area contributed by atoms with Gasteiger partial charge in [-0.25, -0.2) is 0 Å². The zero-order chi connectivity index (χ0) is 10.8. The van der Waals surface area contributed by atoms with Crippen molar-refractivity contribution in [3.63, 3.8) is 0 Å². The first-order valence-corrected chi connectivity index (χ1v) is 5.36. The topological polar surface area (TPSA) is 46.3 Å². The third-order valence-corrected chi connectivity index (χ3v) is 2.88. The molecule has 0 spiro atoms. The predicted octanol–water partition coefficient (Wildman–Crippen LogP) is 2.04. The second-order valence-corrected chi connectivity index (χ2v) is 4.20. The van der Waals surface area contributed by atoms with Gasteiger partial charge in [0.2, 0.25) is 5.91 Å². The Morgan fingerprint density at radius 1 is 1.47 bits per heavy atom. The van der Waals surface area contributed by atoms with Crippen molar-refractivity contribution in [3.8, 4) is 0 Å². The van der Waals surface area contributed by atoms with E-state index < -0.39 is 0 Å². The minimum Gasteiger partial charge on any atom is -0.398 e. The Bertz CT molecular complexity index is 392. The fraction of sp³-hybridized carbons (Fsp3) is 0.364. The average molecular weight is 225 g/mol. The van der Waals surface area contributed by atoms with Crippen molar-refractivity contribution in [3.05, 3.63) is 28.8 Å². The molecule has 2 rings (SSSR count). The zero-order valence-electron chi connectivity index (χ0n) is 8.37. The van der Waals surface area contributed by atoms with Gasteiger partial charge < -0.3 is 10.6 Å². The van der Waals surface area contributed by atoms with Crippen molar-refractivity contribution in [2.45, 2.75) is 19.4 Å². The van der Waals surface area contributed by atoms with Crippen molar-refractivity contribution < 1.29 is 4.79 Å². The van der Waals surface area contributed by atoms with E-state index in [9.17, 15) is 4.79 Å². The second kappa shape index (κ2) is 4.11. The van der Waals surface area contributed by atoms with Gasteiger partial charge in [-0.05, 0) is 24.1 Å². The lowest BCUT2D eigenvalue weighted by molar-refractivity contribution is -0.128. The highest BCUT2D eigenvalue weighted by atomic mass is 35.5. The number of hydrogen-bond acceptors (Lipinski definition) is 2. The van der Waals surface area contributed by atoms with E-state index in [1.54, 1.807) is 12.1 Å². The van der Waals surface area contributed by atoms with E-state index in [4.69, 9.17) is 17.3 Å². The van der Waals surface area contributed by atoms with Gasteiger partial charge in [-0.15, -0.1) is 0 Å². The largest absolute Gasteiger partial charge is 0.398 e. The molecule has 15 heavy (non-hydrogen) atoms. The summed E-state index contributed by atoms with van der Waals surface area (Å²) in [5.41, 5.74) is 7.44. The van der Waals surface area contributed by atoms with Crippen LogP contribution in [0.2, 0.25) is 5.02 Å².